The molecule has 4 saturated carbocycles. The number of ether oxygens (including phenoxy) is 4. The van der Waals surface area contributed by atoms with Gasteiger partial charge in [-0.15, -0.1) is 0 Å². The van der Waals surface area contributed by atoms with E-state index in [2.05, 4.69) is 147 Å². The summed E-state index contributed by atoms with van der Waals surface area (Å²) in [6.07, 6.45) is 12.3. The summed E-state index contributed by atoms with van der Waals surface area (Å²) in [5.41, 5.74) is 0. The first kappa shape index (κ1) is 41.6. The topological polar surface area (TPSA) is 54.0 Å². The minimum absolute atomic E-state index is 0. The third kappa shape index (κ3) is 7.76. The number of benzene rings is 3. The van der Waals surface area contributed by atoms with E-state index in [-0.39, 0.29) is 36.4 Å². The van der Waals surface area contributed by atoms with Crippen molar-refractivity contribution < 1.29 is 42.6 Å². The minimum Gasteiger partial charge on any atom is -0.347 e. The molecule has 6 atom stereocenters. The Morgan fingerprint density at radius 3 is 1.40 bits per heavy atom. The van der Waals surface area contributed by atoms with Crippen LogP contribution >= 0.6 is 22.5 Å². The average molecular weight is 784 g/mol. The second kappa shape index (κ2) is 17.9. The number of halogens is 1. The molecule has 0 N–H and O–H groups in total. The van der Waals surface area contributed by atoms with E-state index in [1.807, 2.05) is 0 Å². The van der Waals surface area contributed by atoms with E-state index in [9.17, 15) is 4.79 Å². The van der Waals surface area contributed by atoms with Gasteiger partial charge in [0.1, 0.15) is 6.29 Å². The molecule has 0 amide bonds. The predicted molar refractivity (Wildman–Crippen MR) is 215 cm³/mol. The van der Waals surface area contributed by atoms with Gasteiger partial charge in [-0.2, -0.15) is 6.42 Å². The second-order valence-corrected chi connectivity index (χ2v) is 22.0. The summed E-state index contributed by atoms with van der Waals surface area (Å²) >= 11 is 3.90. The number of carbonyl (C=O) groups excluding carboxylic acids is 1. The Balaban J connectivity index is 0.000000149. The maximum atomic E-state index is 10.6. The number of aldehydes is 1. The molecule has 9 rings (SSSR count). The molecule has 4 aliphatic carbocycles. The third-order valence-corrected chi connectivity index (χ3v) is 21.7. The van der Waals surface area contributed by atoms with Crippen molar-refractivity contribution in [3.05, 3.63) is 110 Å². The van der Waals surface area contributed by atoms with Crippen molar-refractivity contribution in [3.63, 3.8) is 0 Å². The predicted octanol–water partition coefficient (Wildman–Crippen LogP) is 5.67. The van der Waals surface area contributed by atoms with Gasteiger partial charge >= 0.3 is 160 Å². The van der Waals surface area contributed by atoms with Crippen molar-refractivity contribution in [1.82, 2.24) is 0 Å². The van der Waals surface area contributed by atoms with Gasteiger partial charge in [0.05, 0.1) is 26.4 Å². The Labute approximate surface area is 333 Å². The maximum Gasteiger partial charge on any atom is 1.00 e. The van der Waals surface area contributed by atoms with Gasteiger partial charge in [0, 0.05) is 30.6 Å². The van der Waals surface area contributed by atoms with Crippen molar-refractivity contribution in [2.75, 3.05) is 38.2 Å². The molecule has 2 saturated heterocycles. The van der Waals surface area contributed by atoms with Crippen LogP contribution in [0.2, 0.25) is 0 Å². The van der Waals surface area contributed by atoms with E-state index in [0.29, 0.717) is 31.0 Å². The zero-order valence-corrected chi connectivity index (χ0v) is 34.2. The van der Waals surface area contributed by atoms with Gasteiger partial charge in [-0.05, 0) is 37.5 Å². The molecule has 2 aliphatic heterocycles. The van der Waals surface area contributed by atoms with E-state index in [1.165, 1.54) is 28.8 Å². The third-order valence-electron chi connectivity index (χ3n) is 12.3. The van der Waals surface area contributed by atoms with Gasteiger partial charge in [0.15, 0.2) is 11.6 Å². The fourth-order valence-corrected chi connectivity index (χ4v) is 16.1. The van der Waals surface area contributed by atoms with E-state index < -0.39 is 6.60 Å². The molecule has 52 heavy (non-hydrogen) atoms. The van der Waals surface area contributed by atoms with Crippen LogP contribution in [0, 0.1) is 42.4 Å². The molecule has 0 radical (unpaired) electrons. The molecule has 6 fully saturated rings. The molecule has 0 aromatic heterocycles. The molecule has 3 aromatic carbocycles. The van der Waals surface area contributed by atoms with Crippen LogP contribution < -0.4 is 34.8 Å². The first-order chi connectivity index (χ1) is 24.9. The molecule has 0 bridgehead atoms. The normalized spacial score (nSPS) is 28.8. The number of allylic oxidation sites excluding steroid dienone is 2. The van der Waals surface area contributed by atoms with Crippen molar-refractivity contribution in [1.29, 1.82) is 0 Å². The molecule has 5 nitrogen and oxygen atoms in total. The molecule has 2 spiro atoms. The van der Waals surface area contributed by atoms with E-state index in [1.54, 1.807) is 0 Å². The first-order valence-electron chi connectivity index (χ1n) is 19.0. The molecule has 0 unspecified atom stereocenters. The van der Waals surface area contributed by atoms with Crippen LogP contribution in [-0.4, -0.2) is 56.0 Å². The van der Waals surface area contributed by atoms with Crippen LogP contribution in [0.3, 0.4) is 0 Å². The number of rotatable bonds is 7. The Hall–Kier alpha value is -1.58. The Morgan fingerprint density at radius 2 is 1.10 bits per heavy atom. The van der Waals surface area contributed by atoms with Gasteiger partial charge in [-0.1, -0.05) is 25.5 Å². The van der Waals surface area contributed by atoms with E-state index in [0.717, 1.165) is 62.1 Å². The van der Waals surface area contributed by atoms with Crippen molar-refractivity contribution in [2.45, 2.75) is 63.9 Å². The van der Waals surface area contributed by atoms with Crippen LogP contribution in [0.15, 0.2) is 103 Å². The van der Waals surface area contributed by atoms with Crippen molar-refractivity contribution >= 4 is 44.7 Å². The smallest absolute Gasteiger partial charge is 0.347 e. The number of fused-ring (bicyclic) bond motifs is 4. The quantitative estimate of drug-likeness (QED) is 0.0774. The van der Waals surface area contributed by atoms with Gasteiger partial charge in [-0.25, -0.2) is 0 Å². The molecular formula is C44H57BrLiO5P. The second-order valence-electron chi connectivity index (χ2n) is 15.1. The number of hydrogen-bond acceptors (Lipinski definition) is 5. The monoisotopic (exact) mass is 782 g/mol. The van der Waals surface area contributed by atoms with Gasteiger partial charge < -0.3 is 30.7 Å². The number of alkyl halides is 1. The Morgan fingerprint density at radius 1 is 0.731 bits per heavy atom. The molecule has 276 valence electrons. The Bertz CT molecular complexity index is 1470. The van der Waals surface area contributed by atoms with Gasteiger partial charge in [-0.3, -0.25) is 0 Å². The summed E-state index contributed by atoms with van der Waals surface area (Å²) in [5, 5.41) is 5.20. The van der Waals surface area contributed by atoms with Crippen LogP contribution in [-0.2, 0) is 23.7 Å². The summed E-state index contributed by atoms with van der Waals surface area (Å²) in [7, 11) is 0. The van der Waals surface area contributed by atoms with E-state index in [4.69, 9.17) is 18.9 Å². The average Bonchev–Trinajstić information content (AvgIpc) is 3.66. The largest absolute Gasteiger partial charge is 1.00 e. The number of carbonyl (C=O) groups is 1. The van der Waals surface area contributed by atoms with Crippen LogP contribution in [0.1, 0.15) is 52.4 Å². The standard InChI is InChI=1S/C20H20BrP.C11H16O2.C9H12O3.C4H9.Li/c1-22(17-21,18-11-5-2-6-12-18,19-13-7-3-8-14-19)20-15-9-4-10-16-20;1-2-3-8-9-4-5-11(10(8)9)12-6-7-13-11;10-5-7-6-1-2-9(8(6)7)11-3-4-12-9;1-3-4-2;/h2-16H,17H2,1H3;2-3,8-10H,4-7H2,1H3;5-8H,1-4H2;1,3-4H2,2H3;/q;;;-1;+1/t;8-,9+,10-;6-,7+,8-;;/m.01../s1. The Kier molecular flexibility index (Phi) is 14.3. The summed E-state index contributed by atoms with van der Waals surface area (Å²) in [4.78, 5) is 10.6. The van der Waals surface area contributed by atoms with E-state index >= 15 is 0 Å². The van der Waals surface area contributed by atoms with Crippen LogP contribution in [0.5, 0.6) is 0 Å². The number of hydrogen-bond donors (Lipinski definition) is 0. The summed E-state index contributed by atoms with van der Waals surface area (Å²) in [6.45, 7) is 10.8. The molecule has 2 heterocycles. The summed E-state index contributed by atoms with van der Waals surface area (Å²) in [5.74, 6) is 2.97. The van der Waals surface area contributed by atoms with Gasteiger partial charge in [0.2, 0.25) is 0 Å². The zero-order chi connectivity index (χ0) is 36.0. The first-order valence-corrected chi connectivity index (χ1v) is 23.0. The fourth-order valence-electron chi connectivity index (χ4n) is 9.29. The molecule has 3 aromatic rings. The van der Waals surface area contributed by atoms with Crippen molar-refractivity contribution in [2.24, 2.45) is 35.5 Å². The molecular weight excluding hydrogens is 726 g/mol. The summed E-state index contributed by atoms with van der Waals surface area (Å²) < 4.78 is 22.8. The zero-order valence-electron chi connectivity index (χ0n) is 31.7. The summed E-state index contributed by atoms with van der Waals surface area (Å²) in [6, 6.07) is 32.8. The van der Waals surface area contributed by atoms with Crippen LogP contribution in [0.4, 0.5) is 0 Å². The van der Waals surface area contributed by atoms with Gasteiger partial charge in [0.25, 0.3) is 0 Å². The number of unbranched alkanes of at least 4 members (excludes halogenated alkanes) is 1. The van der Waals surface area contributed by atoms with Crippen molar-refractivity contribution in [3.8, 4) is 0 Å². The maximum absolute atomic E-state index is 10.6. The molecule has 8 heteroatoms. The molecule has 6 aliphatic rings. The van der Waals surface area contributed by atoms with Crippen LogP contribution in [0.25, 0.3) is 0 Å². The SMILES string of the molecule is CC=C[C@H]1[C@H]2CCC3(OCCO3)[C@@H]12.CP(CBr)(c1ccccc1)(c1ccccc1)c1ccccc1.O=C[C@H]1[C@H]2CCC3(OCCO3)[C@@H]12.[CH2-]CCC.[Li+]. The fraction of sp³-hybridized carbons (Fsp3) is 0.500. The minimum atomic E-state index is -2.48.